The first-order chi connectivity index (χ1) is 13.7. The van der Waals surface area contributed by atoms with Crippen molar-refractivity contribution in [3.05, 3.63) is 64.7 Å². The summed E-state index contributed by atoms with van der Waals surface area (Å²) in [5, 5.41) is 9.89. The van der Waals surface area contributed by atoms with Crippen LogP contribution in [0.3, 0.4) is 0 Å². The Morgan fingerprint density at radius 1 is 1.17 bits per heavy atom. The number of carbonyl (C=O) groups is 1. The molecule has 0 atom stereocenters. The smallest absolute Gasteiger partial charge is 0.257 e. The van der Waals surface area contributed by atoms with Crippen molar-refractivity contribution in [2.45, 2.75) is 31.7 Å². The van der Waals surface area contributed by atoms with Crippen molar-refractivity contribution in [3.63, 3.8) is 0 Å². The van der Waals surface area contributed by atoms with E-state index in [-0.39, 0.29) is 29.8 Å². The van der Waals surface area contributed by atoms with Gasteiger partial charge in [0.2, 0.25) is 0 Å². The molecule has 2 N–H and O–H groups in total. The van der Waals surface area contributed by atoms with Crippen molar-refractivity contribution >= 4 is 24.0 Å². The number of aromatic nitrogens is 2. The van der Waals surface area contributed by atoms with Gasteiger partial charge in [0.1, 0.15) is 5.82 Å². The summed E-state index contributed by atoms with van der Waals surface area (Å²) in [4.78, 5) is 16.9. The number of hydrogen-bond donors (Lipinski definition) is 2. The number of anilines is 1. The van der Waals surface area contributed by atoms with E-state index in [0.29, 0.717) is 35.9 Å². The van der Waals surface area contributed by atoms with Crippen LogP contribution in [0.5, 0.6) is 0 Å². The molecule has 5 rings (SSSR count). The van der Waals surface area contributed by atoms with Crippen LogP contribution in [0.15, 0.2) is 40.9 Å². The average molecular weight is 415 g/mol. The molecule has 1 fully saturated rings. The number of halogens is 2. The van der Waals surface area contributed by atoms with Crippen molar-refractivity contribution in [2.24, 2.45) is 0 Å². The molecule has 1 aliphatic carbocycles. The first-order valence-corrected chi connectivity index (χ1v) is 9.45. The third-order valence-electron chi connectivity index (χ3n) is 5.23. The number of nitrogens with zero attached hydrogens (tertiary/aromatic N) is 2. The topological polar surface area (TPSA) is 80.0 Å². The molecule has 0 spiro atoms. The molecular formula is C21H20ClFN4O2. The summed E-state index contributed by atoms with van der Waals surface area (Å²) in [5.74, 6) is 0.911. The highest BCUT2D eigenvalue weighted by atomic mass is 35.5. The molecule has 29 heavy (non-hydrogen) atoms. The summed E-state index contributed by atoms with van der Waals surface area (Å²) in [6, 6.07) is 10.3. The summed E-state index contributed by atoms with van der Waals surface area (Å²) in [6.07, 6.45) is 2.83. The van der Waals surface area contributed by atoms with Gasteiger partial charge >= 0.3 is 0 Å². The van der Waals surface area contributed by atoms with E-state index in [4.69, 9.17) is 4.52 Å². The zero-order valence-electron chi connectivity index (χ0n) is 15.6. The summed E-state index contributed by atoms with van der Waals surface area (Å²) in [6.45, 7) is 1.39. The van der Waals surface area contributed by atoms with E-state index in [1.165, 1.54) is 0 Å². The predicted molar refractivity (Wildman–Crippen MR) is 109 cm³/mol. The minimum Gasteiger partial charge on any atom is -0.334 e. The van der Waals surface area contributed by atoms with Crippen LogP contribution >= 0.6 is 12.4 Å². The van der Waals surface area contributed by atoms with Crippen LogP contribution in [0, 0.1) is 5.82 Å². The first kappa shape index (κ1) is 19.5. The third-order valence-corrected chi connectivity index (χ3v) is 5.23. The van der Waals surface area contributed by atoms with Crippen LogP contribution in [-0.4, -0.2) is 22.6 Å². The van der Waals surface area contributed by atoms with Gasteiger partial charge < -0.3 is 15.2 Å². The zero-order chi connectivity index (χ0) is 19.1. The monoisotopic (exact) mass is 414 g/mol. The molecule has 2 aliphatic rings. The lowest BCUT2D eigenvalue weighted by Crippen LogP contribution is -2.25. The van der Waals surface area contributed by atoms with Gasteiger partial charge in [-0.2, -0.15) is 4.98 Å². The van der Waals surface area contributed by atoms with Crippen LogP contribution < -0.4 is 10.6 Å². The molecule has 0 saturated heterocycles. The van der Waals surface area contributed by atoms with Gasteiger partial charge in [0, 0.05) is 23.6 Å². The van der Waals surface area contributed by atoms with E-state index < -0.39 is 0 Å². The van der Waals surface area contributed by atoms with Gasteiger partial charge in [-0.05, 0) is 67.3 Å². The maximum Gasteiger partial charge on any atom is 0.257 e. The van der Waals surface area contributed by atoms with Crippen LogP contribution in [0.1, 0.15) is 46.1 Å². The summed E-state index contributed by atoms with van der Waals surface area (Å²) < 4.78 is 20.0. The second-order valence-electron chi connectivity index (χ2n) is 7.26. The van der Waals surface area contributed by atoms with Crippen LogP contribution in [0.4, 0.5) is 10.1 Å². The number of benzene rings is 2. The second-order valence-corrected chi connectivity index (χ2v) is 7.26. The van der Waals surface area contributed by atoms with Crippen molar-refractivity contribution < 1.29 is 13.7 Å². The number of rotatable bonds is 4. The number of hydrogen-bond acceptors (Lipinski definition) is 5. The summed E-state index contributed by atoms with van der Waals surface area (Å²) in [5.41, 5.74) is 3.01. The van der Waals surface area contributed by atoms with Crippen LogP contribution in [0.25, 0.3) is 11.5 Å². The fraction of sp³-hybridized carbons (Fsp3) is 0.286. The molecule has 3 aromatic rings. The SMILES string of the molecule is Cl.O=C(Nc1ccc2c(c1F)CCNC2)c1ccc(-c2nc(C3CC3)no2)cc1. The van der Waals surface area contributed by atoms with Gasteiger partial charge in [0.25, 0.3) is 11.8 Å². The molecule has 1 aliphatic heterocycles. The highest BCUT2D eigenvalue weighted by Crippen LogP contribution is 2.38. The van der Waals surface area contributed by atoms with Gasteiger partial charge in [0.15, 0.2) is 5.82 Å². The Balaban J connectivity index is 0.00000205. The molecule has 0 unspecified atom stereocenters. The van der Waals surface area contributed by atoms with E-state index in [0.717, 1.165) is 36.3 Å². The Bertz CT molecular complexity index is 1050. The molecule has 1 amide bonds. The molecule has 2 aromatic carbocycles. The van der Waals surface area contributed by atoms with E-state index in [9.17, 15) is 9.18 Å². The number of nitrogens with one attached hydrogen (secondary N) is 2. The maximum atomic E-state index is 14.7. The molecule has 8 heteroatoms. The fourth-order valence-corrected chi connectivity index (χ4v) is 3.45. The van der Waals surface area contributed by atoms with E-state index in [1.54, 1.807) is 30.3 Å². The quantitative estimate of drug-likeness (QED) is 0.672. The Kier molecular flexibility index (Phi) is 5.34. The van der Waals surface area contributed by atoms with Crippen LogP contribution in [0.2, 0.25) is 0 Å². The third kappa shape index (κ3) is 3.88. The molecule has 6 nitrogen and oxygen atoms in total. The second kappa shape index (κ2) is 7.93. The molecule has 0 bridgehead atoms. The highest BCUT2D eigenvalue weighted by molar-refractivity contribution is 6.04. The van der Waals surface area contributed by atoms with Crippen molar-refractivity contribution in [1.82, 2.24) is 15.5 Å². The standard InChI is InChI=1S/C21H19FN4O2.ClH/c22-18-16-9-10-23-11-15(16)7-8-17(18)24-20(27)13-3-5-14(6-4-13)21-25-19(26-28-21)12-1-2-12;/h3-8,12,23H,1-2,9-11H2,(H,24,27);1H. The van der Waals surface area contributed by atoms with Crippen LogP contribution in [-0.2, 0) is 13.0 Å². The fourth-order valence-electron chi connectivity index (χ4n) is 3.45. The lowest BCUT2D eigenvalue weighted by atomic mass is 9.99. The number of amides is 1. The molecule has 2 heterocycles. The Morgan fingerprint density at radius 2 is 1.97 bits per heavy atom. The van der Waals surface area contributed by atoms with E-state index in [1.807, 2.05) is 6.07 Å². The lowest BCUT2D eigenvalue weighted by molar-refractivity contribution is 0.102. The maximum absolute atomic E-state index is 14.7. The summed E-state index contributed by atoms with van der Waals surface area (Å²) in [7, 11) is 0. The predicted octanol–water partition coefficient (Wildman–Crippen LogP) is 4.07. The number of fused-ring (bicyclic) bond motifs is 1. The van der Waals surface area contributed by atoms with E-state index >= 15 is 0 Å². The lowest BCUT2D eigenvalue weighted by Gasteiger charge is -2.19. The number of carbonyl (C=O) groups excluding carboxylic acids is 1. The minimum absolute atomic E-state index is 0. The molecule has 0 radical (unpaired) electrons. The molecule has 150 valence electrons. The van der Waals surface area contributed by atoms with Crippen molar-refractivity contribution in [1.29, 1.82) is 0 Å². The minimum atomic E-state index is -0.358. The Labute approximate surface area is 173 Å². The largest absolute Gasteiger partial charge is 0.334 e. The van der Waals surface area contributed by atoms with Gasteiger partial charge in [0.05, 0.1) is 5.69 Å². The van der Waals surface area contributed by atoms with Crippen molar-refractivity contribution in [2.75, 3.05) is 11.9 Å². The summed E-state index contributed by atoms with van der Waals surface area (Å²) >= 11 is 0. The van der Waals surface area contributed by atoms with E-state index in [2.05, 4.69) is 20.8 Å². The molecular weight excluding hydrogens is 395 g/mol. The van der Waals surface area contributed by atoms with Gasteiger partial charge in [-0.3, -0.25) is 4.79 Å². The average Bonchev–Trinajstić information content (AvgIpc) is 3.47. The molecule has 1 aromatic heterocycles. The zero-order valence-corrected chi connectivity index (χ0v) is 16.4. The normalized spacial score (nSPS) is 15.3. The molecule has 1 saturated carbocycles. The van der Waals surface area contributed by atoms with Gasteiger partial charge in [-0.1, -0.05) is 11.2 Å². The highest BCUT2D eigenvalue weighted by Gasteiger charge is 2.29. The van der Waals surface area contributed by atoms with Gasteiger partial charge in [-0.15, -0.1) is 12.4 Å². The van der Waals surface area contributed by atoms with Gasteiger partial charge in [-0.25, -0.2) is 4.39 Å². The Hall–Kier alpha value is -2.77. The first-order valence-electron chi connectivity index (χ1n) is 9.45. The van der Waals surface area contributed by atoms with Crippen molar-refractivity contribution in [3.8, 4) is 11.5 Å². The Morgan fingerprint density at radius 3 is 2.72 bits per heavy atom.